The summed E-state index contributed by atoms with van der Waals surface area (Å²) in [5, 5.41) is 13.9. The topological polar surface area (TPSA) is 74.3 Å². The first-order valence-corrected chi connectivity index (χ1v) is 18.3. The number of halogens is 1. The lowest BCUT2D eigenvalue weighted by Crippen LogP contribution is -2.39. The largest absolute Gasteiger partial charge is 0.307 e. The standard InChI is InChI=1S/C41H34BrN7S/c1-4-36-44-37-27(2)24-28(3)43-40(37)48(36)26-32-25-35(38(42)50-32)33-22-14-15-23-34(33)39-45-46-47-49(39)41(29-16-8-5-9-17-29,30-18-10-6-11-19-30)31-20-12-7-13-21-31/h5-25H,4,26H2,1-3H3. The number of nitrogens with zero attached hydrogens (tertiary/aromatic N) is 7. The minimum atomic E-state index is -0.852. The molecular weight excluding hydrogens is 702 g/mol. The van der Waals surface area contributed by atoms with Crippen LogP contribution in [0.2, 0.25) is 0 Å². The van der Waals surface area contributed by atoms with Gasteiger partial charge in [0.05, 0.1) is 10.3 Å². The Kier molecular flexibility index (Phi) is 8.46. The maximum atomic E-state index is 4.98. The van der Waals surface area contributed by atoms with E-state index in [1.54, 1.807) is 11.3 Å². The number of rotatable bonds is 9. The fraction of sp³-hybridized carbons (Fsp3) is 0.146. The third-order valence-corrected chi connectivity index (χ3v) is 11.1. The summed E-state index contributed by atoms with van der Waals surface area (Å²) in [6.07, 6.45) is 0.825. The van der Waals surface area contributed by atoms with Crippen molar-refractivity contribution in [3.63, 3.8) is 0 Å². The quantitative estimate of drug-likeness (QED) is 0.138. The highest BCUT2D eigenvalue weighted by Crippen LogP contribution is 2.45. The Morgan fingerprint density at radius 1 is 0.700 bits per heavy atom. The van der Waals surface area contributed by atoms with Gasteiger partial charge in [-0.15, -0.1) is 16.4 Å². The predicted molar refractivity (Wildman–Crippen MR) is 204 cm³/mol. The van der Waals surface area contributed by atoms with Gasteiger partial charge in [-0.05, 0) is 80.2 Å². The van der Waals surface area contributed by atoms with Gasteiger partial charge in [-0.25, -0.2) is 14.6 Å². The Balaban J connectivity index is 1.29. The molecule has 0 fully saturated rings. The fourth-order valence-electron chi connectivity index (χ4n) is 7.12. The van der Waals surface area contributed by atoms with Gasteiger partial charge in [0, 0.05) is 28.1 Å². The minimum Gasteiger partial charge on any atom is -0.307 e. The fourth-order valence-corrected chi connectivity index (χ4v) is 8.95. The van der Waals surface area contributed by atoms with Crippen molar-refractivity contribution in [1.82, 2.24) is 34.7 Å². The molecule has 4 heterocycles. The highest BCUT2D eigenvalue weighted by molar-refractivity contribution is 9.11. The molecular formula is C41H34BrN7S. The summed E-state index contributed by atoms with van der Waals surface area (Å²) >= 11 is 5.68. The highest BCUT2D eigenvalue weighted by atomic mass is 79.9. The summed E-state index contributed by atoms with van der Waals surface area (Å²) < 4.78 is 5.30. The average Bonchev–Trinajstić information content (AvgIpc) is 3.88. The highest BCUT2D eigenvalue weighted by Gasteiger charge is 2.42. The van der Waals surface area contributed by atoms with Crippen molar-refractivity contribution in [1.29, 1.82) is 0 Å². The van der Waals surface area contributed by atoms with E-state index in [0.717, 1.165) is 71.8 Å². The lowest BCUT2D eigenvalue weighted by molar-refractivity contribution is 0.451. The Bertz CT molecular complexity index is 2340. The molecule has 4 aromatic heterocycles. The van der Waals surface area contributed by atoms with E-state index in [-0.39, 0.29) is 0 Å². The third kappa shape index (κ3) is 5.37. The van der Waals surface area contributed by atoms with Crippen LogP contribution in [0.3, 0.4) is 0 Å². The van der Waals surface area contributed by atoms with Crippen LogP contribution in [0.15, 0.2) is 131 Å². The number of fused-ring (bicyclic) bond motifs is 1. The second-order valence-electron chi connectivity index (χ2n) is 12.4. The molecule has 7 nitrogen and oxygen atoms in total. The van der Waals surface area contributed by atoms with Crippen LogP contribution >= 0.6 is 27.3 Å². The maximum Gasteiger partial charge on any atom is 0.184 e. The van der Waals surface area contributed by atoms with E-state index in [2.05, 4.69) is 149 Å². The van der Waals surface area contributed by atoms with E-state index in [0.29, 0.717) is 12.4 Å². The van der Waals surface area contributed by atoms with Crippen molar-refractivity contribution < 1.29 is 0 Å². The second kappa shape index (κ2) is 13.2. The molecule has 4 aromatic carbocycles. The average molecular weight is 737 g/mol. The van der Waals surface area contributed by atoms with Gasteiger partial charge in [0.2, 0.25) is 0 Å². The van der Waals surface area contributed by atoms with Crippen LogP contribution in [0.1, 0.15) is 45.6 Å². The van der Waals surface area contributed by atoms with Gasteiger partial charge >= 0.3 is 0 Å². The predicted octanol–water partition coefficient (Wildman–Crippen LogP) is 9.64. The molecule has 0 saturated carbocycles. The molecule has 50 heavy (non-hydrogen) atoms. The lowest BCUT2D eigenvalue weighted by Gasteiger charge is -2.36. The lowest BCUT2D eigenvalue weighted by atomic mass is 9.77. The molecule has 0 radical (unpaired) electrons. The van der Waals surface area contributed by atoms with E-state index in [1.165, 1.54) is 4.88 Å². The summed E-state index contributed by atoms with van der Waals surface area (Å²) in [7, 11) is 0. The Morgan fingerprint density at radius 2 is 1.28 bits per heavy atom. The van der Waals surface area contributed by atoms with Gasteiger partial charge in [0.1, 0.15) is 16.9 Å². The zero-order valence-corrected chi connectivity index (χ0v) is 30.4. The van der Waals surface area contributed by atoms with E-state index in [1.807, 2.05) is 29.8 Å². The van der Waals surface area contributed by atoms with Gasteiger partial charge < -0.3 is 4.57 Å². The smallest absolute Gasteiger partial charge is 0.184 e. The van der Waals surface area contributed by atoms with Crippen molar-refractivity contribution in [3.05, 3.63) is 170 Å². The molecule has 0 bridgehead atoms. The monoisotopic (exact) mass is 735 g/mol. The van der Waals surface area contributed by atoms with Crippen molar-refractivity contribution in [2.24, 2.45) is 0 Å². The number of thiophene rings is 1. The molecule has 8 rings (SSSR count). The molecule has 0 saturated heterocycles. The Hall–Kier alpha value is -5.25. The van der Waals surface area contributed by atoms with E-state index < -0.39 is 5.54 Å². The molecule has 9 heteroatoms. The van der Waals surface area contributed by atoms with Crippen molar-refractivity contribution >= 4 is 38.4 Å². The normalized spacial score (nSPS) is 11.8. The van der Waals surface area contributed by atoms with Crippen LogP contribution in [-0.4, -0.2) is 34.7 Å². The van der Waals surface area contributed by atoms with E-state index in [4.69, 9.17) is 20.3 Å². The first kappa shape index (κ1) is 32.0. The molecule has 0 aliphatic carbocycles. The summed E-state index contributed by atoms with van der Waals surface area (Å²) in [6.45, 7) is 6.98. The molecule has 0 aliphatic rings. The van der Waals surface area contributed by atoms with Crippen LogP contribution in [0.5, 0.6) is 0 Å². The number of hydrogen-bond acceptors (Lipinski definition) is 6. The van der Waals surface area contributed by atoms with Gasteiger partial charge in [0.15, 0.2) is 11.5 Å². The Labute approximate surface area is 303 Å². The summed E-state index contributed by atoms with van der Waals surface area (Å²) in [5.74, 6) is 1.70. The van der Waals surface area contributed by atoms with Crippen LogP contribution in [-0.2, 0) is 18.5 Å². The van der Waals surface area contributed by atoms with Crippen molar-refractivity contribution in [2.45, 2.75) is 39.3 Å². The zero-order valence-electron chi connectivity index (χ0n) is 28.0. The number of hydrogen-bond donors (Lipinski definition) is 0. The molecule has 0 unspecified atom stereocenters. The number of tetrazole rings is 1. The van der Waals surface area contributed by atoms with Crippen LogP contribution < -0.4 is 0 Å². The molecule has 8 aromatic rings. The number of benzene rings is 4. The van der Waals surface area contributed by atoms with Gasteiger partial charge in [0.25, 0.3) is 0 Å². The third-order valence-electron chi connectivity index (χ3n) is 9.29. The summed E-state index contributed by atoms with van der Waals surface area (Å²) in [5.41, 5.74) is 9.43. The summed E-state index contributed by atoms with van der Waals surface area (Å²) in [6, 6.07) is 44.3. The first-order valence-electron chi connectivity index (χ1n) is 16.7. The van der Waals surface area contributed by atoms with Gasteiger partial charge in [-0.1, -0.05) is 122 Å². The van der Waals surface area contributed by atoms with E-state index in [9.17, 15) is 0 Å². The molecule has 0 aliphatic heterocycles. The Morgan fingerprint density at radius 3 is 1.88 bits per heavy atom. The van der Waals surface area contributed by atoms with Crippen molar-refractivity contribution in [2.75, 3.05) is 0 Å². The second-order valence-corrected chi connectivity index (χ2v) is 14.8. The zero-order chi connectivity index (χ0) is 34.2. The summed E-state index contributed by atoms with van der Waals surface area (Å²) in [4.78, 5) is 11.1. The molecule has 0 amide bonds. The van der Waals surface area contributed by atoms with E-state index >= 15 is 0 Å². The number of aromatic nitrogens is 7. The SMILES string of the molecule is CCc1nc2c(C)cc(C)nc2n1Cc1cc(-c2ccccc2-c2nnnn2C(c2ccccc2)(c2ccccc2)c2ccccc2)c(Br)s1. The molecule has 246 valence electrons. The molecule has 0 atom stereocenters. The molecule has 0 N–H and O–H groups in total. The van der Waals surface area contributed by atoms with Crippen LogP contribution in [0.4, 0.5) is 0 Å². The number of imidazole rings is 1. The minimum absolute atomic E-state index is 0.667. The van der Waals surface area contributed by atoms with Crippen LogP contribution in [0.25, 0.3) is 33.7 Å². The number of aryl methyl sites for hydroxylation is 3. The maximum absolute atomic E-state index is 4.98. The van der Waals surface area contributed by atoms with Crippen LogP contribution in [0, 0.1) is 13.8 Å². The number of pyridine rings is 1. The van der Waals surface area contributed by atoms with Crippen molar-refractivity contribution in [3.8, 4) is 22.5 Å². The van der Waals surface area contributed by atoms with Gasteiger partial charge in [-0.3, -0.25) is 0 Å². The molecule has 0 spiro atoms. The first-order chi connectivity index (χ1) is 24.5. The van der Waals surface area contributed by atoms with Gasteiger partial charge in [-0.2, -0.15) is 0 Å².